The minimum absolute atomic E-state index is 0.564. The summed E-state index contributed by atoms with van der Waals surface area (Å²) in [6, 6.07) is 13.9. The van der Waals surface area contributed by atoms with Crippen molar-refractivity contribution in [2.75, 3.05) is 56.3 Å². The van der Waals surface area contributed by atoms with Crippen molar-refractivity contribution in [3.63, 3.8) is 0 Å². The van der Waals surface area contributed by atoms with Crippen molar-refractivity contribution in [2.45, 2.75) is 6.92 Å². The Balaban J connectivity index is 1.20. The number of morpholine rings is 1. The van der Waals surface area contributed by atoms with Crippen molar-refractivity contribution in [2.24, 2.45) is 0 Å². The Kier molecular flexibility index (Phi) is 6.66. The van der Waals surface area contributed by atoms with Gasteiger partial charge in [0, 0.05) is 31.4 Å². The Morgan fingerprint density at radius 3 is 2.73 bits per heavy atom. The third-order valence-electron chi connectivity index (χ3n) is 5.37. The van der Waals surface area contributed by atoms with E-state index < -0.39 is 0 Å². The second-order valence-corrected chi connectivity index (χ2v) is 8.49. The van der Waals surface area contributed by atoms with Crippen LogP contribution in [0.1, 0.15) is 6.92 Å². The molecule has 9 nitrogen and oxygen atoms in total. The summed E-state index contributed by atoms with van der Waals surface area (Å²) < 4.78 is 13.0. The van der Waals surface area contributed by atoms with Crippen LogP contribution in [0.2, 0.25) is 0 Å². The zero-order chi connectivity index (χ0) is 22.5. The molecule has 4 heterocycles. The van der Waals surface area contributed by atoms with Crippen LogP contribution in [0.5, 0.6) is 5.75 Å². The van der Waals surface area contributed by atoms with Gasteiger partial charge in [0.15, 0.2) is 0 Å². The number of hydrazine groups is 1. The Labute approximate surface area is 196 Å². The Morgan fingerprint density at radius 1 is 1.15 bits per heavy atom. The van der Waals surface area contributed by atoms with E-state index in [0.717, 1.165) is 65.8 Å². The maximum Gasteiger partial charge on any atom is 0.214 e. The van der Waals surface area contributed by atoms with Crippen LogP contribution < -0.4 is 15.1 Å². The highest BCUT2D eigenvalue weighted by Gasteiger charge is 2.19. The molecule has 3 aromatic heterocycles. The first kappa shape index (κ1) is 21.6. The number of ether oxygens (including phenoxy) is 2. The molecule has 10 heteroatoms. The second kappa shape index (κ2) is 10.2. The van der Waals surface area contributed by atoms with Crippen molar-refractivity contribution in [3.05, 3.63) is 54.9 Å². The number of hydrogen-bond acceptors (Lipinski definition) is 9. The van der Waals surface area contributed by atoms with Crippen LogP contribution in [0.4, 0.5) is 10.9 Å². The molecule has 1 N–H and O–H groups in total. The van der Waals surface area contributed by atoms with Crippen molar-refractivity contribution >= 4 is 27.2 Å². The predicted octanol–water partition coefficient (Wildman–Crippen LogP) is 3.42. The van der Waals surface area contributed by atoms with Crippen molar-refractivity contribution in [1.29, 1.82) is 0 Å². The number of imidazole rings is 1. The zero-order valence-corrected chi connectivity index (χ0v) is 19.4. The van der Waals surface area contributed by atoms with Crippen LogP contribution in [-0.2, 0) is 4.74 Å². The normalized spacial score (nSPS) is 14.5. The summed E-state index contributed by atoms with van der Waals surface area (Å²) in [6.45, 7) is 7.51. The number of aromatic nitrogens is 4. The number of rotatable bonds is 9. The van der Waals surface area contributed by atoms with E-state index in [2.05, 4.69) is 39.5 Å². The molecule has 0 amide bonds. The van der Waals surface area contributed by atoms with E-state index in [0.29, 0.717) is 13.2 Å². The van der Waals surface area contributed by atoms with Crippen molar-refractivity contribution in [1.82, 2.24) is 24.6 Å². The first-order chi connectivity index (χ1) is 16.3. The lowest BCUT2D eigenvalue weighted by Gasteiger charge is -2.37. The average Bonchev–Trinajstić information content (AvgIpc) is 3.43. The number of fused-ring (bicyclic) bond motifs is 1. The fourth-order valence-electron chi connectivity index (χ4n) is 3.75. The molecular formula is C23H27N7O2S. The molecule has 5 rings (SSSR count). The largest absolute Gasteiger partial charge is 0.492 e. The van der Waals surface area contributed by atoms with E-state index in [-0.39, 0.29) is 0 Å². The highest BCUT2D eigenvalue weighted by atomic mass is 32.1. The summed E-state index contributed by atoms with van der Waals surface area (Å²) in [5.74, 6) is 1.80. The van der Waals surface area contributed by atoms with Gasteiger partial charge >= 0.3 is 0 Å². The molecule has 1 fully saturated rings. The van der Waals surface area contributed by atoms with Gasteiger partial charge in [-0.05, 0) is 31.2 Å². The summed E-state index contributed by atoms with van der Waals surface area (Å²) in [5.41, 5.74) is 1.83. The minimum atomic E-state index is 0.564. The van der Waals surface area contributed by atoms with E-state index in [1.54, 1.807) is 4.52 Å². The maximum absolute atomic E-state index is 5.71. The summed E-state index contributed by atoms with van der Waals surface area (Å²) in [5, 5.41) is 13.2. The molecule has 0 saturated carbocycles. The maximum atomic E-state index is 5.71. The van der Waals surface area contributed by atoms with Gasteiger partial charge in [0.1, 0.15) is 18.2 Å². The van der Waals surface area contributed by atoms with Gasteiger partial charge in [-0.3, -0.25) is 5.01 Å². The lowest BCUT2D eigenvalue weighted by Crippen LogP contribution is -2.49. The van der Waals surface area contributed by atoms with E-state index in [1.165, 1.54) is 11.3 Å². The molecule has 0 unspecified atom stereocenters. The second-order valence-electron chi connectivity index (χ2n) is 7.54. The molecule has 1 aromatic carbocycles. The van der Waals surface area contributed by atoms with Crippen LogP contribution in [0.15, 0.2) is 54.9 Å². The lowest BCUT2D eigenvalue weighted by molar-refractivity contribution is 0.0318. The monoisotopic (exact) mass is 465 g/mol. The molecule has 4 aromatic rings. The highest BCUT2D eigenvalue weighted by Crippen LogP contribution is 2.25. The molecule has 0 bridgehead atoms. The molecule has 0 spiro atoms. The molecule has 1 saturated heterocycles. The first-order valence-corrected chi connectivity index (χ1v) is 12.0. The van der Waals surface area contributed by atoms with Crippen LogP contribution in [0.25, 0.3) is 16.2 Å². The predicted molar refractivity (Wildman–Crippen MR) is 130 cm³/mol. The fourth-order valence-corrected chi connectivity index (χ4v) is 4.55. The quantitative estimate of drug-likeness (QED) is 0.377. The molecule has 33 heavy (non-hydrogen) atoms. The van der Waals surface area contributed by atoms with Crippen LogP contribution >= 0.6 is 11.3 Å². The van der Waals surface area contributed by atoms with Gasteiger partial charge in [-0.2, -0.15) is 0 Å². The minimum Gasteiger partial charge on any atom is -0.492 e. The Morgan fingerprint density at radius 2 is 2.00 bits per heavy atom. The number of hydrogen-bond donors (Lipinski definition) is 1. The van der Waals surface area contributed by atoms with Gasteiger partial charge in [0.2, 0.25) is 10.1 Å². The Bertz CT molecular complexity index is 1130. The molecule has 172 valence electrons. The van der Waals surface area contributed by atoms with Crippen molar-refractivity contribution in [3.8, 4) is 17.0 Å². The SMILES string of the molecule is CCN(c1ccc(-c2cn3nc(NCCOc4ccccc4)sc3n2)cn1)N1CCOCC1. The van der Waals surface area contributed by atoms with Gasteiger partial charge in [-0.25, -0.2) is 19.5 Å². The van der Waals surface area contributed by atoms with Gasteiger partial charge in [0.25, 0.3) is 0 Å². The number of para-hydroxylation sites is 1. The van der Waals surface area contributed by atoms with E-state index >= 15 is 0 Å². The van der Waals surface area contributed by atoms with Crippen LogP contribution in [0.3, 0.4) is 0 Å². The standard InChI is InChI=1S/C23H27N7O2S/c1-2-30(28-11-14-31-15-12-28)21-9-8-18(16-25-21)20-17-29-23(26-20)33-22(27-29)24-10-13-32-19-6-4-3-5-7-19/h3-9,16-17H,2,10-15H2,1H3,(H,24,27). The average molecular weight is 466 g/mol. The number of benzene rings is 1. The van der Waals surface area contributed by atoms with Gasteiger partial charge in [0.05, 0.1) is 31.6 Å². The van der Waals surface area contributed by atoms with Crippen LogP contribution in [-0.4, -0.2) is 70.6 Å². The molecule has 1 aliphatic heterocycles. The van der Waals surface area contributed by atoms with E-state index in [1.807, 2.05) is 42.7 Å². The summed E-state index contributed by atoms with van der Waals surface area (Å²) >= 11 is 1.52. The third-order valence-corrected chi connectivity index (χ3v) is 6.25. The molecule has 0 aliphatic carbocycles. The Hall–Kier alpha value is -3.21. The number of pyridine rings is 1. The first-order valence-electron chi connectivity index (χ1n) is 11.1. The highest BCUT2D eigenvalue weighted by molar-refractivity contribution is 7.20. The number of nitrogens with one attached hydrogen (secondary N) is 1. The molecule has 0 radical (unpaired) electrons. The zero-order valence-electron chi connectivity index (χ0n) is 18.6. The number of nitrogens with zero attached hydrogens (tertiary/aromatic N) is 6. The topological polar surface area (TPSA) is 80.0 Å². The number of anilines is 2. The lowest BCUT2D eigenvalue weighted by atomic mass is 10.2. The third kappa shape index (κ3) is 5.08. The van der Waals surface area contributed by atoms with Crippen molar-refractivity contribution < 1.29 is 9.47 Å². The smallest absolute Gasteiger partial charge is 0.214 e. The van der Waals surface area contributed by atoms with Gasteiger partial charge < -0.3 is 14.8 Å². The van der Waals surface area contributed by atoms with E-state index in [4.69, 9.17) is 19.4 Å². The van der Waals surface area contributed by atoms with E-state index in [9.17, 15) is 0 Å². The molecule has 0 atom stereocenters. The molecule has 1 aliphatic rings. The van der Waals surface area contributed by atoms with Gasteiger partial charge in [-0.15, -0.1) is 5.10 Å². The van der Waals surface area contributed by atoms with Gasteiger partial charge in [-0.1, -0.05) is 29.5 Å². The molecular weight excluding hydrogens is 438 g/mol. The fraction of sp³-hybridized carbons (Fsp3) is 0.348. The summed E-state index contributed by atoms with van der Waals surface area (Å²) in [6.07, 6.45) is 3.82. The summed E-state index contributed by atoms with van der Waals surface area (Å²) in [4.78, 5) is 10.3. The summed E-state index contributed by atoms with van der Waals surface area (Å²) in [7, 11) is 0. The van der Waals surface area contributed by atoms with Crippen LogP contribution in [0, 0.1) is 0 Å².